The normalized spacial score (nSPS) is 30.4. The van der Waals surface area contributed by atoms with Crippen molar-refractivity contribution < 1.29 is 23.9 Å². The van der Waals surface area contributed by atoms with Crippen LogP contribution in [0, 0.1) is 31.1 Å². The van der Waals surface area contributed by atoms with Crippen LogP contribution in [0.25, 0.3) is 0 Å². The minimum atomic E-state index is -1.98. The minimum Gasteiger partial charge on any atom is -0.354 e. The molecule has 2 saturated heterocycles. The second-order valence-electron chi connectivity index (χ2n) is 8.29. The molecular formula is C24H23NO5S. The van der Waals surface area contributed by atoms with E-state index in [9.17, 15) is 19.2 Å². The largest absolute Gasteiger partial charge is 0.354 e. The van der Waals surface area contributed by atoms with Gasteiger partial charge in [0.25, 0.3) is 0 Å². The fourth-order valence-corrected chi connectivity index (χ4v) is 5.87. The SMILES string of the molecule is C#C/C(=C\C=C(/C)CCC)N1C(=O)C2C(C)OC3(C(=O)c4cc(C)sc4C3=O)C2C1=O. The molecule has 4 atom stereocenters. The zero-order valence-corrected chi connectivity index (χ0v) is 18.7. The van der Waals surface area contributed by atoms with Gasteiger partial charge >= 0.3 is 0 Å². The topological polar surface area (TPSA) is 80.8 Å². The lowest BCUT2D eigenvalue weighted by atomic mass is 9.78. The van der Waals surface area contributed by atoms with E-state index in [0.29, 0.717) is 4.88 Å². The molecule has 1 aromatic rings. The molecule has 160 valence electrons. The maximum absolute atomic E-state index is 13.5. The number of hydrogen-bond donors (Lipinski definition) is 0. The van der Waals surface area contributed by atoms with Crippen molar-refractivity contribution in [2.24, 2.45) is 11.8 Å². The van der Waals surface area contributed by atoms with Gasteiger partial charge in [-0.15, -0.1) is 17.8 Å². The Kier molecular flexibility index (Phi) is 5.11. The number of rotatable bonds is 4. The molecule has 1 spiro atoms. The van der Waals surface area contributed by atoms with Gasteiger partial charge in [-0.1, -0.05) is 30.9 Å². The lowest BCUT2D eigenvalue weighted by molar-refractivity contribution is -0.141. The van der Waals surface area contributed by atoms with Crippen molar-refractivity contribution in [1.29, 1.82) is 0 Å². The zero-order chi connectivity index (χ0) is 22.7. The predicted octanol–water partition coefficient (Wildman–Crippen LogP) is 3.46. The first-order valence-corrected chi connectivity index (χ1v) is 11.1. The maximum Gasteiger partial charge on any atom is 0.242 e. The third kappa shape index (κ3) is 2.82. The van der Waals surface area contributed by atoms with E-state index >= 15 is 0 Å². The van der Waals surface area contributed by atoms with Crippen LogP contribution >= 0.6 is 11.3 Å². The van der Waals surface area contributed by atoms with Gasteiger partial charge < -0.3 is 4.74 Å². The van der Waals surface area contributed by atoms with Crippen molar-refractivity contribution in [2.45, 2.75) is 52.2 Å². The molecule has 6 nitrogen and oxygen atoms in total. The van der Waals surface area contributed by atoms with E-state index in [4.69, 9.17) is 11.2 Å². The van der Waals surface area contributed by atoms with Gasteiger partial charge in [0.2, 0.25) is 29.0 Å². The molecule has 7 heteroatoms. The Bertz CT molecular complexity index is 1100. The van der Waals surface area contributed by atoms with E-state index in [1.165, 1.54) is 11.3 Å². The standard InChI is InChI=1S/C24H23NO5S/c1-6-8-12(3)9-10-15(7-2)25-22(28)17-14(5)30-24(18(17)23(25)29)20(26)16-11-13(4)31-19(16)21(24)27/h2,9-11,14,17-18H,6,8H2,1,3-5H3/b12-9+,15-10+. The number of imide groups is 1. The Morgan fingerprint density at radius 1 is 1.26 bits per heavy atom. The number of hydrogen-bond acceptors (Lipinski definition) is 6. The molecular weight excluding hydrogens is 414 g/mol. The molecule has 0 N–H and O–H groups in total. The Morgan fingerprint density at radius 3 is 2.58 bits per heavy atom. The smallest absolute Gasteiger partial charge is 0.242 e. The van der Waals surface area contributed by atoms with Crippen molar-refractivity contribution in [3.63, 3.8) is 0 Å². The molecule has 0 saturated carbocycles. The number of ether oxygens (including phenoxy) is 1. The van der Waals surface area contributed by atoms with Crippen LogP contribution in [0.3, 0.4) is 0 Å². The fraction of sp³-hybridized carbons (Fsp3) is 0.417. The molecule has 0 bridgehead atoms. The number of terminal acetylenes is 1. The molecule has 2 aliphatic heterocycles. The van der Waals surface area contributed by atoms with Gasteiger partial charge in [0.05, 0.1) is 22.8 Å². The van der Waals surface area contributed by atoms with Gasteiger partial charge in [-0.2, -0.15) is 0 Å². The van der Waals surface area contributed by atoms with Crippen LogP contribution in [0.1, 0.15) is 58.5 Å². The van der Waals surface area contributed by atoms with Crippen molar-refractivity contribution in [1.82, 2.24) is 4.90 Å². The molecule has 4 rings (SSSR count). The third-order valence-corrected chi connectivity index (χ3v) is 7.26. The number of nitrogens with zero attached hydrogens (tertiary/aromatic N) is 1. The summed E-state index contributed by atoms with van der Waals surface area (Å²) in [6.45, 7) is 7.41. The third-order valence-electron chi connectivity index (χ3n) is 6.21. The minimum absolute atomic E-state index is 0.103. The van der Waals surface area contributed by atoms with E-state index in [0.717, 1.165) is 28.2 Å². The van der Waals surface area contributed by atoms with Crippen molar-refractivity contribution in [3.05, 3.63) is 44.8 Å². The highest BCUT2D eigenvalue weighted by Crippen LogP contribution is 2.54. The van der Waals surface area contributed by atoms with E-state index in [1.54, 1.807) is 32.1 Å². The van der Waals surface area contributed by atoms with Gasteiger partial charge in [0.15, 0.2) is 0 Å². The number of Topliss-reactive ketones (excluding diaryl/α,β-unsaturated/α-hetero) is 2. The number of carbonyl (C=O) groups excluding carboxylic acids is 4. The van der Waals surface area contributed by atoms with Crippen LogP contribution in [0.5, 0.6) is 0 Å². The summed E-state index contributed by atoms with van der Waals surface area (Å²) in [7, 11) is 0. The molecule has 2 fully saturated rings. The second-order valence-corrected chi connectivity index (χ2v) is 9.55. The van der Waals surface area contributed by atoms with Crippen LogP contribution in [-0.4, -0.2) is 40.0 Å². The molecule has 3 aliphatic rings. The van der Waals surface area contributed by atoms with Gasteiger partial charge in [-0.05, 0) is 39.3 Å². The molecule has 0 radical (unpaired) electrons. The number of thiophene rings is 1. The van der Waals surface area contributed by atoms with Crippen molar-refractivity contribution in [3.8, 4) is 12.3 Å². The van der Waals surface area contributed by atoms with Gasteiger partial charge in [0.1, 0.15) is 5.70 Å². The van der Waals surface area contributed by atoms with Crippen LogP contribution in [0.15, 0.2) is 29.5 Å². The van der Waals surface area contributed by atoms with E-state index in [1.807, 2.05) is 6.92 Å². The van der Waals surface area contributed by atoms with E-state index in [-0.39, 0.29) is 11.3 Å². The highest BCUT2D eigenvalue weighted by molar-refractivity contribution is 7.15. The first kappa shape index (κ1) is 21.4. The summed E-state index contributed by atoms with van der Waals surface area (Å²) < 4.78 is 5.87. The monoisotopic (exact) mass is 437 g/mol. The fourth-order valence-electron chi connectivity index (χ4n) is 4.87. The Morgan fingerprint density at radius 2 is 1.97 bits per heavy atom. The average molecular weight is 438 g/mol. The summed E-state index contributed by atoms with van der Waals surface area (Å²) in [5, 5.41) is 0. The number of aryl methyl sites for hydroxylation is 1. The number of allylic oxidation sites excluding steroid dienone is 4. The Hall–Kier alpha value is -2.82. The first-order chi connectivity index (χ1) is 14.7. The Labute approximate surface area is 184 Å². The van der Waals surface area contributed by atoms with Gasteiger partial charge in [-0.25, -0.2) is 4.90 Å². The molecule has 1 aliphatic carbocycles. The predicted molar refractivity (Wildman–Crippen MR) is 115 cm³/mol. The van der Waals surface area contributed by atoms with Crippen LogP contribution in [-0.2, 0) is 14.3 Å². The molecule has 4 unspecified atom stereocenters. The number of likely N-dealkylation sites (tertiary alicyclic amines) is 1. The van der Waals surface area contributed by atoms with Crippen LogP contribution in [0.2, 0.25) is 0 Å². The zero-order valence-electron chi connectivity index (χ0n) is 17.9. The summed E-state index contributed by atoms with van der Waals surface area (Å²) in [5.41, 5.74) is -0.548. The number of fused-ring (bicyclic) bond motifs is 3. The summed E-state index contributed by atoms with van der Waals surface area (Å²) in [4.78, 5) is 55.5. The number of amides is 2. The summed E-state index contributed by atoms with van der Waals surface area (Å²) in [6, 6.07) is 1.64. The summed E-state index contributed by atoms with van der Waals surface area (Å²) >= 11 is 1.20. The number of carbonyl (C=O) groups is 4. The highest BCUT2D eigenvalue weighted by Gasteiger charge is 2.74. The van der Waals surface area contributed by atoms with Gasteiger partial charge in [-0.3, -0.25) is 19.2 Å². The molecule has 3 heterocycles. The lowest BCUT2D eigenvalue weighted by Gasteiger charge is -2.26. The van der Waals surface area contributed by atoms with Gasteiger partial charge in [0, 0.05) is 10.4 Å². The Balaban J connectivity index is 1.77. The quantitative estimate of drug-likeness (QED) is 0.312. The lowest BCUT2D eigenvalue weighted by Crippen LogP contribution is -2.51. The summed E-state index contributed by atoms with van der Waals surface area (Å²) in [5.74, 6) is -1.98. The van der Waals surface area contributed by atoms with E-state index < -0.39 is 46.9 Å². The summed E-state index contributed by atoms with van der Waals surface area (Å²) in [6.07, 6.45) is 10.0. The van der Waals surface area contributed by atoms with Crippen molar-refractivity contribution >= 4 is 34.7 Å². The van der Waals surface area contributed by atoms with E-state index in [2.05, 4.69) is 12.8 Å². The van der Waals surface area contributed by atoms with Crippen LogP contribution < -0.4 is 0 Å². The molecule has 31 heavy (non-hydrogen) atoms. The maximum atomic E-state index is 13.5. The average Bonchev–Trinajstić information content (AvgIpc) is 3.38. The molecule has 0 aromatic carbocycles. The highest BCUT2D eigenvalue weighted by atomic mass is 32.1. The molecule has 1 aromatic heterocycles. The van der Waals surface area contributed by atoms with Crippen LogP contribution in [0.4, 0.5) is 0 Å². The first-order valence-electron chi connectivity index (χ1n) is 10.3. The van der Waals surface area contributed by atoms with Crippen molar-refractivity contribution in [2.75, 3.05) is 0 Å². The molecule has 2 amide bonds. The second kappa shape index (κ2) is 7.40. The number of ketones is 2.